The van der Waals surface area contributed by atoms with Gasteiger partial charge in [-0.05, 0) is 56.5 Å². The van der Waals surface area contributed by atoms with Crippen molar-refractivity contribution in [3.05, 3.63) is 77.6 Å². The molecule has 0 spiro atoms. The smallest absolute Gasteiger partial charge is 0.390 e. The van der Waals surface area contributed by atoms with E-state index in [1.807, 2.05) is 19.9 Å². The van der Waals surface area contributed by atoms with E-state index >= 15 is 0 Å². The predicted octanol–water partition coefficient (Wildman–Crippen LogP) is 7.03. The number of pyridine rings is 1. The molecule has 1 amide bonds. The molecule has 0 unspecified atom stereocenters. The van der Waals surface area contributed by atoms with Crippen molar-refractivity contribution >= 4 is 17.2 Å². The first-order chi connectivity index (χ1) is 18.4. The zero-order valence-corrected chi connectivity index (χ0v) is 21.1. The second-order valence-electron chi connectivity index (χ2n) is 9.92. The summed E-state index contributed by atoms with van der Waals surface area (Å²) in [6.07, 6.45) is -0.567. The van der Waals surface area contributed by atoms with E-state index in [2.05, 4.69) is 15.6 Å². The Kier molecular flexibility index (Phi) is 6.69. The Morgan fingerprint density at radius 1 is 1.15 bits per heavy atom. The van der Waals surface area contributed by atoms with Crippen molar-refractivity contribution in [2.75, 3.05) is 11.9 Å². The minimum Gasteiger partial charge on any atom is -0.453 e. The van der Waals surface area contributed by atoms with E-state index in [1.54, 1.807) is 16.5 Å². The van der Waals surface area contributed by atoms with Gasteiger partial charge in [-0.15, -0.1) is 0 Å². The Balaban J connectivity index is 1.52. The zero-order valence-electron chi connectivity index (χ0n) is 21.1. The van der Waals surface area contributed by atoms with Gasteiger partial charge in [0.05, 0.1) is 30.2 Å². The molecular formula is C28H25F5N4O2. The highest BCUT2D eigenvalue weighted by Gasteiger charge is 2.39. The van der Waals surface area contributed by atoms with Crippen LogP contribution in [0.3, 0.4) is 0 Å². The van der Waals surface area contributed by atoms with E-state index in [0.29, 0.717) is 22.5 Å². The van der Waals surface area contributed by atoms with E-state index in [4.69, 9.17) is 4.74 Å². The fourth-order valence-corrected chi connectivity index (χ4v) is 4.22. The monoisotopic (exact) mass is 544 g/mol. The van der Waals surface area contributed by atoms with Gasteiger partial charge in [0.2, 0.25) is 5.82 Å². The van der Waals surface area contributed by atoms with Gasteiger partial charge in [0.15, 0.2) is 17.2 Å². The van der Waals surface area contributed by atoms with Crippen LogP contribution in [0.2, 0.25) is 0 Å². The number of ether oxygens (including phenoxy) is 1. The number of anilines is 1. The van der Waals surface area contributed by atoms with Crippen LogP contribution in [-0.2, 0) is 0 Å². The Labute approximate surface area is 220 Å². The maximum absolute atomic E-state index is 14.3. The molecule has 6 nitrogen and oxygen atoms in total. The second kappa shape index (κ2) is 9.87. The third-order valence-electron chi connectivity index (χ3n) is 6.63. The minimum absolute atomic E-state index is 0.0474. The molecule has 0 radical (unpaired) electrons. The first-order valence-corrected chi connectivity index (χ1v) is 12.3. The van der Waals surface area contributed by atoms with Crippen molar-refractivity contribution in [2.24, 2.45) is 0 Å². The Bertz CT molecular complexity index is 1560. The highest BCUT2D eigenvalue weighted by molar-refractivity contribution is 5.97. The summed E-state index contributed by atoms with van der Waals surface area (Å²) in [7, 11) is 0. The van der Waals surface area contributed by atoms with Crippen LogP contribution in [0, 0.1) is 18.6 Å². The van der Waals surface area contributed by atoms with Crippen molar-refractivity contribution in [3.8, 4) is 22.8 Å². The quantitative estimate of drug-likeness (QED) is 0.234. The molecule has 1 fully saturated rings. The number of rotatable bonds is 8. The van der Waals surface area contributed by atoms with Crippen LogP contribution in [-0.4, -0.2) is 33.6 Å². The van der Waals surface area contributed by atoms with Gasteiger partial charge in [0.1, 0.15) is 5.75 Å². The van der Waals surface area contributed by atoms with Crippen LogP contribution in [0.1, 0.15) is 42.1 Å². The molecule has 2 N–H and O–H groups in total. The van der Waals surface area contributed by atoms with E-state index in [0.717, 1.165) is 24.5 Å². The number of halogens is 5. The molecule has 1 saturated carbocycles. The Hall–Kier alpha value is -4.15. The van der Waals surface area contributed by atoms with Crippen molar-refractivity contribution in [2.45, 2.75) is 44.8 Å². The highest BCUT2D eigenvalue weighted by Crippen LogP contribution is 2.36. The average Bonchev–Trinajstić information content (AvgIpc) is 3.42. The SMILES string of the molecule is Cc1cc(-c2cnc3c(NCCC(F)(F)F)cc(Oc4cccc(F)c4F)cn23)ccc1C(=O)NC1(C)CC1. The lowest BCUT2D eigenvalue weighted by Crippen LogP contribution is -2.34. The molecule has 11 heteroatoms. The number of aromatic nitrogens is 2. The molecule has 0 saturated heterocycles. The Morgan fingerprint density at radius 2 is 1.92 bits per heavy atom. The summed E-state index contributed by atoms with van der Waals surface area (Å²) in [6, 6.07) is 10.1. The number of nitrogens with zero attached hydrogens (tertiary/aromatic N) is 2. The zero-order chi connectivity index (χ0) is 27.9. The normalized spacial score (nSPS) is 14.3. The second-order valence-corrected chi connectivity index (χ2v) is 9.92. The van der Waals surface area contributed by atoms with Crippen molar-refractivity contribution < 1.29 is 31.5 Å². The van der Waals surface area contributed by atoms with Gasteiger partial charge < -0.3 is 15.4 Å². The summed E-state index contributed by atoms with van der Waals surface area (Å²) in [4.78, 5) is 17.1. The summed E-state index contributed by atoms with van der Waals surface area (Å²) in [5, 5.41) is 5.75. The van der Waals surface area contributed by atoms with Gasteiger partial charge in [0, 0.05) is 29.3 Å². The van der Waals surface area contributed by atoms with Crippen molar-refractivity contribution in [3.63, 3.8) is 0 Å². The van der Waals surface area contributed by atoms with Crippen LogP contribution in [0.5, 0.6) is 11.5 Å². The standard InChI is InChI=1S/C28H25F5N4O2/c1-16-12-17(6-7-19(16)26(38)36-27(2)8-9-27)22-14-35-25-21(34-11-10-28(31,32)33)13-18(15-37(22)25)39-23-5-3-4-20(29)24(23)30/h3-7,12-15,34H,8-11H2,1-2H3,(H,36,38). The predicted molar refractivity (Wildman–Crippen MR) is 136 cm³/mol. The van der Waals surface area contributed by atoms with Crippen LogP contribution in [0.15, 0.2) is 54.9 Å². The summed E-state index contributed by atoms with van der Waals surface area (Å²) in [6.45, 7) is 3.37. The van der Waals surface area contributed by atoms with Gasteiger partial charge in [-0.3, -0.25) is 9.20 Å². The Morgan fingerprint density at radius 3 is 2.62 bits per heavy atom. The number of imidazole rings is 1. The summed E-state index contributed by atoms with van der Waals surface area (Å²) in [5.74, 6) is -2.80. The number of aryl methyl sites for hydroxylation is 1. The third-order valence-corrected chi connectivity index (χ3v) is 6.63. The fraction of sp³-hybridized carbons (Fsp3) is 0.286. The van der Waals surface area contributed by atoms with Crippen molar-refractivity contribution in [1.29, 1.82) is 0 Å². The number of hydrogen-bond donors (Lipinski definition) is 2. The molecule has 1 aliphatic carbocycles. The maximum atomic E-state index is 14.3. The average molecular weight is 545 g/mol. The van der Waals surface area contributed by atoms with Gasteiger partial charge in [0.25, 0.3) is 5.91 Å². The lowest BCUT2D eigenvalue weighted by atomic mass is 10.0. The number of benzene rings is 2. The summed E-state index contributed by atoms with van der Waals surface area (Å²) >= 11 is 0. The molecule has 2 aromatic heterocycles. The number of carbonyl (C=O) groups is 1. The number of fused-ring (bicyclic) bond motifs is 1. The van der Waals surface area contributed by atoms with E-state index in [9.17, 15) is 26.7 Å². The molecule has 2 aromatic carbocycles. The maximum Gasteiger partial charge on any atom is 0.390 e. The van der Waals surface area contributed by atoms with E-state index in [-0.39, 0.29) is 28.6 Å². The first kappa shape index (κ1) is 26.5. The number of hydrogen-bond acceptors (Lipinski definition) is 4. The number of alkyl halides is 3. The molecule has 2 heterocycles. The fourth-order valence-electron chi connectivity index (χ4n) is 4.22. The molecule has 5 rings (SSSR count). The van der Waals surface area contributed by atoms with Gasteiger partial charge in [-0.2, -0.15) is 17.6 Å². The number of amides is 1. The van der Waals surface area contributed by atoms with Crippen LogP contribution < -0.4 is 15.4 Å². The van der Waals surface area contributed by atoms with Gasteiger partial charge >= 0.3 is 6.18 Å². The van der Waals surface area contributed by atoms with E-state index in [1.165, 1.54) is 30.6 Å². The molecule has 0 aliphatic heterocycles. The molecular weight excluding hydrogens is 519 g/mol. The molecule has 4 aromatic rings. The topological polar surface area (TPSA) is 67.7 Å². The number of carbonyl (C=O) groups excluding carboxylic acids is 1. The van der Waals surface area contributed by atoms with Crippen LogP contribution >= 0.6 is 0 Å². The van der Waals surface area contributed by atoms with E-state index < -0.39 is 30.8 Å². The first-order valence-electron chi connectivity index (χ1n) is 12.3. The highest BCUT2D eigenvalue weighted by atomic mass is 19.4. The van der Waals surface area contributed by atoms with Gasteiger partial charge in [-0.1, -0.05) is 12.1 Å². The molecule has 1 aliphatic rings. The lowest BCUT2D eigenvalue weighted by molar-refractivity contribution is -0.131. The summed E-state index contributed by atoms with van der Waals surface area (Å²) in [5.41, 5.74) is 2.84. The van der Waals surface area contributed by atoms with Crippen LogP contribution in [0.4, 0.5) is 27.6 Å². The van der Waals surface area contributed by atoms with Crippen molar-refractivity contribution in [1.82, 2.24) is 14.7 Å². The van der Waals surface area contributed by atoms with Crippen LogP contribution in [0.25, 0.3) is 16.9 Å². The molecule has 39 heavy (non-hydrogen) atoms. The molecule has 0 atom stereocenters. The van der Waals surface area contributed by atoms with Gasteiger partial charge in [-0.25, -0.2) is 9.37 Å². The molecule has 0 bridgehead atoms. The summed E-state index contributed by atoms with van der Waals surface area (Å²) < 4.78 is 73.5. The third kappa shape index (κ3) is 5.81. The number of nitrogens with one attached hydrogen (secondary N) is 2. The largest absolute Gasteiger partial charge is 0.453 e. The minimum atomic E-state index is -4.37. The molecule has 204 valence electrons. The lowest BCUT2D eigenvalue weighted by Gasteiger charge is -2.15.